The summed E-state index contributed by atoms with van der Waals surface area (Å²) in [5.41, 5.74) is 3.27. The number of benzene rings is 2. The summed E-state index contributed by atoms with van der Waals surface area (Å²) in [5, 5.41) is 12.3. The highest BCUT2D eigenvalue weighted by atomic mass is 15.3. The Morgan fingerprint density at radius 3 is 2.35 bits per heavy atom. The predicted molar refractivity (Wildman–Crippen MR) is 126 cm³/mol. The first-order chi connectivity index (χ1) is 15.2. The summed E-state index contributed by atoms with van der Waals surface area (Å²) in [6.07, 6.45) is 7.75. The number of anilines is 3. The van der Waals surface area contributed by atoms with Gasteiger partial charge in [-0.3, -0.25) is 4.68 Å². The average molecular weight is 413 g/mol. The predicted octanol–water partition coefficient (Wildman–Crippen LogP) is 5.32. The van der Waals surface area contributed by atoms with E-state index in [1.807, 2.05) is 43.6 Å². The lowest BCUT2D eigenvalue weighted by molar-refractivity contribution is 0.335. The summed E-state index contributed by atoms with van der Waals surface area (Å²) in [6, 6.07) is 21.3. The molecule has 2 heterocycles. The van der Waals surface area contributed by atoms with Crippen LogP contribution in [-0.2, 0) is 13.5 Å². The molecule has 4 aromatic rings. The van der Waals surface area contributed by atoms with Gasteiger partial charge in [-0.1, -0.05) is 48.5 Å². The number of fused-ring (bicyclic) bond motifs is 1. The van der Waals surface area contributed by atoms with Crippen LogP contribution in [0, 0.1) is 5.92 Å². The van der Waals surface area contributed by atoms with Gasteiger partial charge in [-0.2, -0.15) is 15.1 Å². The molecule has 158 valence electrons. The number of aryl methyl sites for hydroxylation is 1. The highest BCUT2D eigenvalue weighted by Gasteiger charge is 2.22. The van der Waals surface area contributed by atoms with Crippen LogP contribution in [0.1, 0.15) is 31.2 Å². The Bertz CT molecular complexity index is 1130. The molecule has 1 saturated carbocycles. The first-order valence-electron chi connectivity index (χ1n) is 11.1. The first kappa shape index (κ1) is 19.5. The van der Waals surface area contributed by atoms with Crippen molar-refractivity contribution in [2.45, 2.75) is 38.1 Å². The molecule has 0 amide bonds. The third-order valence-corrected chi connectivity index (χ3v) is 6.18. The molecular formula is C25H28N6. The normalized spacial score (nSPS) is 18.7. The van der Waals surface area contributed by atoms with Gasteiger partial charge in [0.05, 0.1) is 11.6 Å². The van der Waals surface area contributed by atoms with Gasteiger partial charge in [0.2, 0.25) is 5.95 Å². The van der Waals surface area contributed by atoms with E-state index in [1.54, 1.807) is 4.68 Å². The van der Waals surface area contributed by atoms with Crippen LogP contribution in [0.25, 0.3) is 11.0 Å². The van der Waals surface area contributed by atoms with Crippen molar-refractivity contribution in [1.29, 1.82) is 0 Å². The number of para-hydroxylation sites is 1. The number of nitrogens with one attached hydrogen (secondary N) is 2. The van der Waals surface area contributed by atoms with Crippen LogP contribution in [0.5, 0.6) is 0 Å². The second kappa shape index (κ2) is 8.76. The van der Waals surface area contributed by atoms with Gasteiger partial charge < -0.3 is 10.6 Å². The fourth-order valence-corrected chi connectivity index (χ4v) is 4.48. The van der Waals surface area contributed by atoms with Crippen molar-refractivity contribution in [2.75, 3.05) is 10.6 Å². The number of hydrogen-bond donors (Lipinski definition) is 2. The summed E-state index contributed by atoms with van der Waals surface area (Å²) >= 11 is 0. The van der Waals surface area contributed by atoms with E-state index in [1.165, 1.54) is 24.8 Å². The summed E-state index contributed by atoms with van der Waals surface area (Å²) in [4.78, 5) is 9.56. The zero-order valence-corrected chi connectivity index (χ0v) is 17.8. The van der Waals surface area contributed by atoms with E-state index in [2.05, 4.69) is 46.1 Å². The van der Waals surface area contributed by atoms with Crippen LogP contribution >= 0.6 is 0 Å². The smallest absolute Gasteiger partial charge is 0.226 e. The Morgan fingerprint density at radius 1 is 0.903 bits per heavy atom. The van der Waals surface area contributed by atoms with Crippen LogP contribution in [0.4, 0.5) is 17.5 Å². The summed E-state index contributed by atoms with van der Waals surface area (Å²) in [6.45, 7) is 0. The van der Waals surface area contributed by atoms with E-state index in [0.717, 1.165) is 41.3 Å². The Kier molecular flexibility index (Phi) is 5.52. The van der Waals surface area contributed by atoms with Gasteiger partial charge in [-0.25, -0.2) is 0 Å². The van der Waals surface area contributed by atoms with Crippen LogP contribution < -0.4 is 10.6 Å². The minimum atomic E-state index is 0.405. The molecule has 0 saturated heterocycles. The van der Waals surface area contributed by atoms with Crippen molar-refractivity contribution in [3.63, 3.8) is 0 Å². The second-order valence-corrected chi connectivity index (χ2v) is 8.44. The molecule has 0 aliphatic heterocycles. The summed E-state index contributed by atoms with van der Waals surface area (Å²) in [7, 11) is 1.92. The number of nitrogens with zero attached hydrogens (tertiary/aromatic N) is 4. The Labute approximate surface area is 182 Å². The number of hydrogen-bond acceptors (Lipinski definition) is 5. The first-order valence-corrected chi connectivity index (χ1v) is 11.1. The molecule has 2 aromatic heterocycles. The van der Waals surface area contributed by atoms with Gasteiger partial charge in [-0.15, -0.1) is 0 Å². The van der Waals surface area contributed by atoms with Gasteiger partial charge in [-0.05, 0) is 55.7 Å². The van der Waals surface area contributed by atoms with E-state index < -0.39 is 0 Å². The lowest BCUT2D eigenvalue weighted by atomic mass is 9.82. The van der Waals surface area contributed by atoms with E-state index in [0.29, 0.717) is 12.0 Å². The Morgan fingerprint density at radius 2 is 1.61 bits per heavy atom. The largest absolute Gasteiger partial charge is 0.351 e. The van der Waals surface area contributed by atoms with Crippen LogP contribution in [0.15, 0.2) is 66.9 Å². The van der Waals surface area contributed by atoms with Crippen LogP contribution in [-0.4, -0.2) is 25.8 Å². The zero-order chi connectivity index (χ0) is 21.0. The van der Waals surface area contributed by atoms with E-state index in [-0.39, 0.29) is 0 Å². The lowest BCUT2D eigenvalue weighted by Crippen LogP contribution is -2.27. The number of aromatic nitrogens is 4. The van der Waals surface area contributed by atoms with E-state index in [9.17, 15) is 0 Å². The lowest BCUT2D eigenvalue weighted by Gasteiger charge is -2.29. The fourth-order valence-electron chi connectivity index (χ4n) is 4.48. The third kappa shape index (κ3) is 4.53. The SMILES string of the molecule is Cn1ncc2c(Nc3ccccc3)nc(NC3CCC(Cc4ccccc4)CC3)nc21. The van der Waals surface area contributed by atoms with Crippen molar-refractivity contribution >= 4 is 28.5 Å². The van der Waals surface area contributed by atoms with E-state index in [4.69, 9.17) is 9.97 Å². The van der Waals surface area contributed by atoms with Crippen molar-refractivity contribution < 1.29 is 0 Å². The molecule has 1 fully saturated rings. The minimum absolute atomic E-state index is 0.405. The standard InChI is InChI=1S/C25H28N6/c1-31-24-22(17-26-31)23(27-20-10-6-3-7-11-20)29-25(30-24)28-21-14-12-19(13-15-21)16-18-8-4-2-5-9-18/h2-11,17,19,21H,12-16H2,1H3,(H2,27,28,29,30). The van der Waals surface area contributed by atoms with E-state index >= 15 is 0 Å². The maximum atomic E-state index is 4.80. The molecule has 1 aliphatic carbocycles. The fraction of sp³-hybridized carbons (Fsp3) is 0.320. The Hall–Kier alpha value is -3.41. The monoisotopic (exact) mass is 412 g/mol. The zero-order valence-electron chi connectivity index (χ0n) is 17.8. The van der Waals surface area contributed by atoms with Crippen molar-refractivity contribution in [3.05, 3.63) is 72.4 Å². The minimum Gasteiger partial charge on any atom is -0.351 e. The van der Waals surface area contributed by atoms with Gasteiger partial charge in [0.25, 0.3) is 0 Å². The molecule has 0 radical (unpaired) electrons. The molecule has 0 atom stereocenters. The maximum absolute atomic E-state index is 4.80. The Balaban J connectivity index is 1.29. The molecule has 6 nitrogen and oxygen atoms in total. The molecule has 2 N–H and O–H groups in total. The molecule has 1 aliphatic rings. The average Bonchev–Trinajstić information content (AvgIpc) is 3.18. The molecule has 2 aromatic carbocycles. The van der Waals surface area contributed by atoms with Gasteiger partial charge in [0.1, 0.15) is 5.82 Å². The van der Waals surface area contributed by atoms with Gasteiger partial charge >= 0.3 is 0 Å². The highest BCUT2D eigenvalue weighted by Crippen LogP contribution is 2.30. The van der Waals surface area contributed by atoms with Gasteiger partial charge in [0.15, 0.2) is 5.65 Å². The van der Waals surface area contributed by atoms with Gasteiger partial charge in [0, 0.05) is 18.8 Å². The maximum Gasteiger partial charge on any atom is 0.226 e. The summed E-state index contributed by atoms with van der Waals surface area (Å²) < 4.78 is 1.80. The molecular weight excluding hydrogens is 384 g/mol. The van der Waals surface area contributed by atoms with Crippen LogP contribution in [0.2, 0.25) is 0 Å². The molecule has 0 spiro atoms. The van der Waals surface area contributed by atoms with Crippen molar-refractivity contribution in [2.24, 2.45) is 13.0 Å². The molecule has 0 unspecified atom stereocenters. The number of rotatable bonds is 6. The molecule has 0 bridgehead atoms. The van der Waals surface area contributed by atoms with Crippen molar-refractivity contribution in [3.8, 4) is 0 Å². The van der Waals surface area contributed by atoms with Crippen LogP contribution in [0.3, 0.4) is 0 Å². The molecule has 5 rings (SSSR count). The second-order valence-electron chi connectivity index (χ2n) is 8.44. The quantitative estimate of drug-likeness (QED) is 0.449. The topological polar surface area (TPSA) is 67.7 Å². The summed E-state index contributed by atoms with van der Waals surface area (Å²) in [5.74, 6) is 2.21. The molecule has 6 heteroatoms. The molecule has 31 heavy (non-hydrogen) atoms. The highest BCUT2D eigenvalue weighted by molar-refractivity contribution is 5.89. The third-order valence-electron chi connectivity index (χ3n) is 6.18. The van der Waals surface area contributed by atoms with Crippen molar-refractivity contribution in [1.82, 2.24) is 19.7 Å².